The van der Waals surface area contributed by atoms with Gasteiger partial charge in [-0.2, -0.15) is 0 Å². The fraction of sp³-hybridized carbons (Fsp3) is 0.136. The number of oxazole rings is 1. The highest BCUT2D eigenvalue weighted by molar-refractivity contribution is 7.09. The first-order valence-electron chi connectivity index (χ1n) is 9.15. The van der Waals surface area contributed by atoms with Gasteiger partial charge in [-0.3, -0.25) is 4.79 Å². The number of hydrogen-bond donors (Lipinski definition) is 1. The molecule has 1 N–H and O–H groups in total. The van der Waals surface area contributed by atoms with Crippen LogP contribution in [0.5, 0.6) is 0 Å². The van der Waals surface area contributed by atoms with Gasteiger partial charge in [0.25, 0.3) is 0 Å². The van der Waals surface area contributed by atoms with Gasteiger partial charge in [0.1, 0.15) is 5.01 Å². The smallest absolute Gasteiger partial charge is 0.220 e. The van der Waals surface area contributed by atoms with Crippen molar-refractivity contribution in [2.75, 3.05) is 0 Å². The molecule has 0 aliphatic rings. The second-order valence-electron chi connectivity index (χ2n) is 6.37. The van der Waals surface area contributed by atoms with Crippen LogP contribution in [0.4, 0.5) is 0 Å². The van der Waals surface area contributed by atoms with Crippen molar-refractivity contribution in [3.8, 4) is 22.6 Å². The molecule has 0 aliphatic carbocycles. The van der Waals surface area contributed by atoms with Crippen LogP contribution < -0.4 is 5.32 Å². The molecule has 2 heterocycles. The van der Waals surface area contributed by atoms with Crippen LogP contribution in [0.1, 0.15) is 17.3 Å². The standard InChI is InChI=1S/C22H18ClN3O2S/c23-17-9-5-4-8-16(17)19-12-25-21(28-19)11-10-20(27)24-13-22-26-18(14-29-22)15-6-2-1-3-7-15/h1-9,12,14H,10-11,13H2,(H,24,27). The fourth-order valence-electron chi connectivity index (χ4n) is 2.83. The lowest BCUT2D eigenvalue weighted by atomic mass is 10.2. The van der Waals surface area contributed by atoms with Crippen molar-refractivity contribution >= 4 is 28.8 Å². The predicted octanol–water partition coefficient (Wildman–Crippen LogP) is 5.37. The Morgan fingerprint density at radius 2 is 1.90 bits per heavy atom. The summed E-state index contributed by atoms with van der Waals surface area (Å²) >= 11 is 7.71. The molecule has 146 valence electrons. The number of aryl methyl sites for hydroxylation is 1. The van der Waals surface area contributed by atoms with Gasteiger partial charge in [-0.05, 0) is 12.1 Å². The van der Waals surface area contributed by atoms with Crippen molar-refractivity contribution in [3.63, 3.8) is 0 Å². The zero-order chi connectivity index (χ0) is 20.1. The minimum absolute atomic E-state index is 0.0704. The molecule has 4 aromatic rings. The Bertz CT molecular complexity index is 1110. The minimum atomic E-state index is -0.0704. The molecule has 5 nitrogen and oxygen atoms in total. The van der Waals surface area contributed by atoms with Crippen LogP contribution in [0.2, 0.25) is 5.02 Å². The summed E-state index contributed by atoms with van der Waals surface area (Å²) in [7, 11) is 0. The molecule has 0 spiro atoms. The highest BCUT2D eigenvalue weighted by Crippen LogP contribution is 2.28. The topological polar surface area (TPSA) is 68.0 Å². The van der Waals surface area contributed by atoms with Crippen LogP contribution in [0.25, 0.3) is 22.6 Å². The number of carbonyl (C=O) groups excluding carboxylic acids is 1. The second-order valence-corrected chi connectivity index (χ2v) is 7.72. The third-order valence-corrected chi connectivity index (χ3v) is 5.50. The van der Waals surface area contributed by atoms with Gasteiger partial charge in [0.2, 0.25) is 5.91 Å². The summed E-state index contributed by atoms with van der Waals surface area (Å²) in [5.74, 6) is 1.04. The van der Waals surface area contributed by atoms with Crippen LogP contribution in [0, 0.1) is 0 Å². The van der Waals surface area contributed by atoms with E-state index in [2.05, 4.69) is 15.3 Å². The third-order valence-electron chi connectivity index (χ3n) is 4.32. The Kier molecular flexibility index (Phi) is 6.03. The maximum absolute atomic E-state index is 12.2. The number of rotatable bonds is 7. The van der Waals surface area contributed by atoms with Crippen molar-refractivity contribution < 1.29 is 9.21 Å². The van der Waals surface area contributed by atoms with E-state index < -0.39 is 0 Å². The van der Waals surface area contributed by atoms with Gasteiger partial charge >= 0.3 is 0 Å². The van der Waals surface area contributed by atoms with E-state index in [1.54, 1.807) is 12.3 Å². The summed E-state index contributed by atoms with van der Waals surface area (Å²) < 4.78 is 5.73. The number of benzene rings is 2. The van der Waals surface area contributed by atoms with Crippen LogP contribution in [-0.4, -0.2) is 15.9 Å². The fourth-order valence-corrected chi connectivity index (χ4v) is 3.80. The maximum atomic E-state index is 12.2. The van der Waals surface area contributed by atoms with Crippen molar-refractivity contribution in [1.29, 1.82) is 0 Å². The van der Waals surface area contributed by atoms with Crippen LogP contribution in [0.15, 0.2) is 70.6 Å². The zero-order valence-corrected chi connectivity index (χ0v) is 17.0. The molecule has 0 bridgehead atoms. The Hall–Kier alpha value is -2.96. The molecular weight excluding hydrogens is 406 g/mol. The second kappa shape index (κ2) is 9.03. The number of thiazole rings is 1. The molecule has 0 saturated heterocycles. The third kappa shape index (κ3) is 4.91. The number of carbonyl (C=O) groups is 1. The molecule has 0 saturated carbocycles. The average Bonchev–Trinajstić information content (AvgIpc) is 3.41. The van der Waals surface area contributed by atoms with E-state index in [0.29, 0.717) is 36.1 Å². The van der Waals surface area contributed by atoms with Crippen LogP contribution in [-0.2, 0) is 17.8 Å². The summed E-state index contributed by atoms with van der Waals surface area (Å²) in [6.07, 6.45) is 2.35. The molecule has 7 heteroatoms. The molecule has 2 aromatic carbocycles. The van der Waals surface area contributed by atoms with Gasteiger partial charge in [0.05, 0.1) is 23.5 Å². The van der Waals surface area contributed by atoms with Crippen LogP contribution in [0.3, 0.4) is 0 Å². The van der Waals surface area contributed by atoms with E-state index >= 15 is 0 Å². The molecular formula is C22H18ClN3O2S. The first-order chi connectivity index (χ1) is 14.2. The molecule has 0 radical (unpaired) electrons. The van der Waals surface area contributed by atoms with E-state index in [9.17, 15) is 4.79 Å². The lowest BCUT2D eigenvalue weighted by molar-refractivity contribution is -0.121. The Morgan fingerprint density at radius 1 is 1.10 bits per heavy atom. The zero-order valence-electron chi connectivity index (χ0n) is 15.5. The highest BCUT2D eigenvalue weighted by Gasteiger charge is 2.11. The van der Waals surface area contributed by atoms with Crippen molar-refractivity contribution in [1.82, 2.24) is 15.3 Å². The lowest BCUT2D eigenvalue weighted by Crippen LogP contribution is -2.22. The Morgan fingerprint density at radius 3 is 2.72 bits per heavy atom. The van der Waals surface area contributed by atoms with Crippen LogP contribution >= 0.6 is 22.9 Å². The maximum Gasteiger partial charge on any atom is 0.220 e. The molecule has 4 rings (SSSR count). The minimum Gasteiger partial charge on any atom is -0.441 e. The number of nitrogens with zero attached hydrogens (tertiary/aromatic N) is 2. The lowest BCUT2D eigenvalue weighted by Gasteiger charge is -2.02. The summed E-state index contributed by atoms with van der Waals surface area (Å²) in [6, 6.07) is 17.4. The molecule has 2 aromatic heterocycles. The number of nitrogens with one attached hydrogen (secondary N) is 1. The van der Waals surface area contributed by atoms with Gasteiger partial charge in [-0.1, -0.05) is 54.1 Å². The number of halogens is 1. The number of amides is 1. The molecule has 0 atom stereocenters. The monoisotopic (exact) mass is 423 g/mol. The first-order valence-corrected chi connectivity index (χ1v) is 10.4. The SMILES string of the molecule is O=C(CCc1ncc(-c2ccccc2Cl)o1)NCc1nc(-c2ccccc2)cs1. The molecule has 0 fully saturated rings. The summed E-state index contributed by atoms with van der Waals surface area (Å²) in [4.78, 5) is 21.0. The van der Waals surface area contributed by atoms with Gasteiger partial charge < -0.3 is 9.73 Å². The van der Waals surface area contributed by atoms with Gasteiger partial charge in [0, 0.05) is 29.3 Å². The van der Waals surface area contributed by atoms with Crippen molar-refractivity contribution in [2.45, 2.75) is 19.4 Å². The van der Waals surface area contributed by atoms with E-state index in [-0.39, 0.29) is 5.91 Å². The number of aromatic nitrogens is 2. The van der Waals surface area contributed by atoms with E-state index in [0.717, 1.165) is 21.8 Å². The predicted molar refractivity (Wildman–Crippen MR) is 115 cm³/mol. The largest absolute Gasteiger partial charge is 0.441 e. The molecule has 0 aliphatic heterocycles. The summed E-state index contributed by atoms with van der Waals surface area (Å²) in [6.45, 7) is 0.410. The van der Waals surface area contributed by atoms with Crippen molar-refractivity contribution in [3.05, 3.63) is 82.1 Å². The Balaban J connectivity index is 1.28. The molecule has 29 heavy (non-hydrogen) atoms. The van der Waals surface area contributed by atoms with Gasteiger partial charge in [-0.15, -0.1) is 11.3 Å². The normalized spacial score (nSPS) is 10.8. The summed E-state index contributed by atoms with van der Waals surface area (Å²) in [5.41, 5.74) is 2.78. The van der Waals surface area contributed by atoms with E-state index in [1.165, 1.54) is 11.3 Å². The van der Waals surface area contributed by atoms with Crippen molar-refractivity contribution in [2.24, 2.45) is 0 Å². The highest BCUT2D eigenvalue weighted by atomic mass is 35.5. The van der Waals surface area contributed by atoms with Gasteiger partial charge in [-0.25, -0.2) is 9.97 Å². The average molecular weight is 424 g/mol. The number of hydrogen-bond acceptors (Lipinski definition) is 5. The quantitative estimate of drug-likeness (QED) is 0.434. The Labute approximate surface area is 177 Å². The molecule has 0 unspecified atom stereocenters. The first kappa shape index (κ1) is 19.4. The van der Waals surface area contributed by atoms with E-state index in [4.69, 9.17) is 16.0 Å². The molecule has 1 amide bonds. The van der Waals surface area contributed by atoms with E-state index in [1.807, 2.05) is 53.9 Å². The van der Waals surface area contributed by atoms with Gasteiger partial charge in [0.15, 0.2) is 11.7 Å². The summed E-state index contributed by atoms with van der Waals surface area (Å²) in [5, 5.41) is 6.37.